The van der Waals surface area contributed by atoms with Crippen LogP contribution in [0.5, 0.6) is 0 Å². The first kappa shape index (κ1) is 29.1. The van der Waals surface area contributed by atoms with Crippen LogP contribution in [-0.2, 0) is 22.0 Å². The highest BCUT2D eigenvalue weighted by Crippen LogP contribution is 2.46. The van der Waals surface area contributed by atoms with Crippen molar-refractivity contribution in [3.05, 3.63) is 143 Å². The average molecular weight is 530 g/mol. The van der Waals surface area contributed by atoms with Gasteiger partial charge >= 0.3 is 0 Å². The summed E-state index contributed by atoms with van der Waals surface area (Å²) in [6.07, 6.45) is 10.2. The Morgan fingerprint density at radius 3 is 2.25 bits per heavy atom. The molecule has 1 aliphatic heterocycles. The maximum absolute atomic E-state index is 11.5. The van der Waals surface area contributed by atoms with Gasteiger partial charge in [-0.15, -0.1) is 0 Å². The average Bonchev–Trinajstić information content (AvgIpc) is 3.12. The molecule has 1 heterocycles. The molecule has 0 atom stereocenters. The number of aryl methyl sites for hydroxylation is 2. The van der Waals surface area contributed by atoms with Gasteiger partial charge in [0.05, 0.1) is 0 Å². The molecule has 4 rings (SSSR count). The molecule has 3 aromatic carbocycles. The second-order valence-electron chi connectivity index (χ2n) is 12.1. The summed E-state index contributed by atoms with van der Waals surface area (Å²) >= 11 is 0. The molecule has 0 bridgehead atoms. The van der Waals surface area contributed by atoms with Crippen LogP contribution in [0.25, 0.3) is 5.57 Å². The number of Topliss-reactive ketones (excluding diaryl/α,β-unsaturated/α-hetero) is 1. The topological polar surface area (TPSA) is 20.3 Å². The smallest absolute Gasteiger partial charge is 0.130 e. The van der Waals surface area contributed by atoms with E-state index in [2.05, 4.69) is 150 Å². The van der Waals surface area contributed by atoms with Gasteiger partial charge in [-0.2, -0.15) is 0 Å². The van der Waals surface area contributed by atoms with E-state index in [0.717, 1.165) is 23.1 Å². The van der Waals surface area contributed by atoms with Crippen molar-refractivity contribution < 1.29 is 4.79 Å². The molecule has 3 aromatic rings. The molecular formula is C38H43NO. The van der Waals surface area contributed by atoms with Crippen LogP contribution in [0.15, 0.2) is 115 Å². The zero-order valence-corrected chi connectivity index (χ0v) is 25.2. The molecule has 1 aliphatic rings. The second kappa shape index (κ2) is 11.7. The van der Waals surface area contributed by atoms with E-state index in [0.29, 0.717) is 6.42 Å². The first-order valence-electron chi connectivity index (χ1n) is 14.2. The van der Waals surface area contributed by atoms with Crippen LogP contribution in [0, 0.1) is 6.92 Å². The highest BCUT2D eigenvalue weighted by atomic mass is 16.1. The predicted octanol–water partition coefficient (Wildman–Crippen LogP) is 9.30. The molecule has 0 saturated heterocycles. The summed E-state index contributed by atoms with van der Waals surface area (Å²) in [4.78, 5) is 13.8. The third-order valence-electron chi connectivity index (χ3n) is 8.50. The minimum atomic E-state index is -0.197. The van der Waals surface area contributed by atoms with E-state index in [1.165, 1.54) is 33.6 Å². The highest BCUT2D eigenvalue weighted by molar-refractivity contribution is 5.78. The number of fused-ring (bicyclic) bond motifs is 1. The number of allylic oxidation sites excluding steroid dienone is 7. The largest absolute Gasteiger partial charge is 0.347 e. The Balaban J connectivity index is 1.72. The van der Waals surface area contributed by atoms with Gasteiger partial charge in [-0.05, 0) is 71.4 Å². The van der Waals surface area contributed by atoms with Crippen molar-refractivity contribution >= 4 is 17.0 Å². The number of rotatable bonds is 9. The molecular weight excluding hydrogens is 486 g/mol. The molecule has 0 aliphatic carbocycles. The Morgan fingerprint density at radius 1 is 0.950 bits per heavy atom. The molecule has 2 heteroatoms. The highest BCUT2D eigenvalue weighted by Gasteiger charge is 2.37. The summed E-state index contributed by atoms with van der Waals surface area (Å²) in [6, 6.07) is 25.8. The van der Waals surface area contributed by atoms with Crippen molar-refractivity contribution in [1.82, 2.24) is 0 Å². The lowest BCUT2D eigenvalue weighted by atomic mass is 9.76. The molecule has 40 heavy (non-hydrogen) atoms. The van der Waals surface area contributed by atoms with Gasteiger partial charge in [0.2, 0.25) is 0 Å². The quantitative estimate of drug-likeness (QED) is 0.257. The van der Waals surface area contributed by atoms with Gasteiger partial charge in [0.25, 0.3) is 0 Å². The van der Waals surface area contributed by atoms with E-state index in [1.807, 2.05) is 0 Å². The third kappa shape index (κ3) is 5.97. The first-order chi connectivity index (χ1) is 18.9. The number of hydrogen-bond donors (Lipinski definition) is 0. The van der Waals surface area contributed by atoms with Crippen LogP contribution in [0.1, 0.15) is 68.9 Å². The molecule has 0 aromatic heterocycles. The van der Waals surface area contributed by atoms with Crippen LogP contribution in [0.4, 0.5) is 5.69 Å². The fourth-order valence-electron chi connectivity index (χ4n) is 5.75. The number of ketones is 1. The monoisotopic (exact) mass is 529 g/mol. The second-order valence-corrected chi connectivity index (χ2v) is 12.1. The van der Waals surface area contributed by atoms with Crippen molar-refractivity contribution in [2.24, 2.45) is 0 Å². The number of nitrogens with zero attached hydrogens (tertiary/aromatic N) is 1. The van der Waals surface area contributed by atoms with Gasteiger partial charge < -0.3 is 9.69 Å². The number of carbonyl (C=O) groups is 1. The molecule has 0 spiro atoms. The summed E-state index contributed by atoms with van der Waals surface area (Å²) < 4.78 is 0. The van der Waals surface area contributed by atoms with Gasteiger partial charge in [-0.3, -0.25) is 0 Å². The number of benzene rings is 3. The Labute approximate surface area is 241 Å². The SMILES string of the molecule is C=C(/C=C/C(=C/C=C1/N(C)c2ccccc2C1(C)C)c1ccc(CCC(C)=O)cc1)C(C)(C)c1ccccc1C. The third-order valence-corrected chi connectivity index (χ3v) is 8.50. The van der Waals surface area contributed by atoms with E-state index in [4.69, 9.17) is 0 Å². The fourth-order valence-corrected chi connectivity index (χ4v) is 5.75. The van der Waals surface area contributed by atoms with E-state index in [9.17, 15) is 4.79 Å². The minimum absolute atomic E-state index is 0.0936. The van der Waals surface area contributed by atoms with Gasteiger partial charge in [0.15, 0.2) is 0 Å². The number of para-hydroxylation sites is 1. The molecule has 0 fully saturated rings. The summed E-state index contributed by atoms with van der Waals surface area (Å²) in [6.45, 7) is 17.4. The summed E-state index contributed by atoms with van der Waals surface area (Å²) in [5, 5.41) is 0. The number of likely N-dealkylation sites (N-methyl/N-ethyl adjacent to an activating group) is 1. The number of carbonyl (C=O) groups excluding carboxylic acids is 1. The van der Waals surface area contributed by atoms with Crippen LogP contribution in [0.2, 0.25) is 0 Å². The molecule has 0 saturated carbocycles. The molecule has 0 radical (unpaired) electrons. The molecule has 0 amide bonds. The van der Waals surface area contributed by atoms with Gasteiger partial charge in [0, 0.05) is 35.7 Å². The van der Waals surface area contributed by atoms with E-state index in [1.54, 1.807) is 6.92 Å². The van der Waals surface area contributed by atoms with E-state index < -0.39 is 0 Å². The van der Waals surface area contributed by atoms with Gasteiger partial charge in [0.1, 0.15) is 5.78 Å². The van der Waals surface area contributed by atoms with Crippen LogP contribution in [0.3, 0.4) is 0 Å². The first-order valence-corrected chi connectivity index (χ1v) is 14.2. The normalized spacial score (nSPS) is 16.0. The number of hydrogen-bond acceptors (Lipinski definition) is 2. The van der Waals surface area contributed by atoms with Crippen molar-refractivity contribution in [3.8, 4) is 0 Å². The summed E-state index contributed by atoms with van der Waals surface area (Å²) in [5.41, 5.74) is 10.6. The van der Waals surface area contributed by atoms with Gasteiger partial charge in [-0.1, -0.05) is 119 Å². The Morgan fingerprint density at radius 2 is 1.60 bits per heavy atom. The number of anilines is 1. The molecule has 206 valence electrons. The van der Waals surface area contributed by atoms with Crippen LogP contribution >= 0.6 is 0 Å². The summed E-state index contributed by atoms with van der Waals surface area (Å²) in [7, 11) is 2.15. The molecule has 0 unspecified atom stereocenters. The predicted molar refractivity (Wildman–Crippen MR) is 172 cm³/mol. The minimum Gasteiger partial charge on any atom is -0.347 e. The van der Waals surface area contributed by atoms with Crippen molar-refractivity contribution in [1.29, 1.82) is 0 Å². The molecule has 0 N–H and O–H groups in total. The van der Waals surface area contributed by atoms with Gasteiger partial charge in [-0.25, -0.2) is 0 Å². The lowest BCUT2D eigenvalue weighted by molar-refractivity contribution is -0.116. The standard InChI is InChI=1S/C38H43NO/c1-27-13-9-10-14-33(27)37(4,5)28(2)17-22-31(32-23-20-30(21-24-32)19-18-29(3)40)25-26-36-38(6,7)34-15-11-12-16-35(34)39(36)8/h9-17,20-26H,2,18-19H2,1,3-8H3/b22-17+,31-25-,36-26+. The van der Waals surface area contributed by atoms with E-state index in [-0.39, 0.29) is 16.6 Å². The zero-order valence-electron chi connectivity index (χ0n) is 25.2. The van der Waals surface area contributed by atoms with E-state index >= 15 is 0 Å². The Kier molecular flexibility index (Phi) is 8.49. The summed E-state index contributed by atoms with van der Waals surface area (Å²) in [5.74, 6) is 0.221. The fraction of sp³-hybridized carbons (Fsp3) is 0.289. The molecule has 2 nitrogen and oxygen atoms in total. The van der Waals surface area contributed by atoms with Crippen molar-refractivity contribution in [3.63, 3.8) is 0 Å². The maximum atomic E-state index is 11.5. The Bertz CT molecular complexity index is 1490. The Hall–Kier alpha value is -3.91. The van der Waals surface area contributed by atoms with Crippen molar-refractivity contribution in [2.45, 2.75) is 65.2 Å². The van der Waals surface area contributed by atoms with Crippen molar-refractivity contribution in [2.75, 3.05) is 11.9 Å². The lowest BCUT2D eigenvalue weighted by Crippen LogP contribution is -2.22. The van der Waals surface area contributed by atoms with Crippen LogP contribution in [-0.4, -0.2) is 12.8 Å². The zero-order chi connectivity index (χ0) is 29.1. The maximum Gasteiger partial charge on any atom is 0.130 e. The van der Waals surface area contributed by atoms with Crippen LogP contribution < -0.4 is 4.90 Å². The lowest BCUT2D eigenvalue weighted by Gasteiger charge is -2.28.